The first kappa shape index (κ1) is 9.21. The van der Waals surface area contributed by atoms with E-state index in [1.165, 1.54) is 0 Å². The predicted molar refractivity (Wildman–Crippen MR) is 42.7 cm³/mol. The molecule has 0 fully saturated rings. The van der Waals surface area contributed by atoms with Gasteiger partial charge in [-0.2, -0.15) is 0 Å². The van der Waals surface area contributed by atoms with Crippen LogP contribution in [0, 0.1) is 0 Å². The molecule has 0 aliphatic carbocycles. The molecule has 58 valence electrons. The molecule has 0 aliphatic heterocycles. The van der Waals surface area contributed by atoms with Gasteiger partial charge in [0.2, 0.25) is 5.91 Å². The van der Waals surface area contributed by atoms with Crippen molar-refractivity contribution < 1.29 is 4.79 Å². The summed E-state index contributed by atoms with van der Waals surface area (Å²) in [5.41, 5.74) is 0. The van der Waals surface area contributed by atoms with Crippen LogP contribution in [0.1, 0.15) is 26.2 Å². The van der Waals surface area contributed by atoms with Crippen LogP contribution in [-0.2, 0) is 4.79 Å². The molecule has 2 nitrogen and oxygen atoms in total. The molecular weight excluding hydrogens is 126 g/mol. The maximum atomic E-state index is 10.6. The zero-order chi connectivity index (χ0) is 7.82. The van der Waals surface area contributed by atoms with Crippen molar-refractivity contribution in [1.29, 1.82) is 0 Å². The van der Waals surface area contributed by atoms with Crippen molar-refractivity contribution in [2.24, 2.45) is 0 Å². The molecule has 10 heavy (non-hydrogen) atoms. The summed E-state index contributed by atoms with van der Waals surface area (Å²) in [5.74, 6) is 0.0763. The van der Waals surface area contributed by atoms with Gasteiger partial charge in [0.15, 0.2) is 0 Å². The number of hydrogen-bond donors (Lipinski definition) is 1. The van der Waals surface area contributed by atoms with Gasteiger partial charge in [-0.3, -0.25) is 4.79 Å². The maximum absolute atomic E-state index is 10.6. The van der Waals surface area contributed by atoms with Gasteiger partial charge < -0.3 is 5.32 Å². The fourth-order valence-electron chi connectivity index (χ4n) is 0.577. The first-order valence-corrected chi connectivity index (χ1v) is 3.66. The number of nitrogens with one attached hydrogen (secondary N) is 1. The third-order valence-electron chi connectivity index (χ3n) is 1.20. The van der Waals surface area contributed by atoms with Gasteiger partial charge in [0.05, 0.1) is 0 Å². The van der Waals surface area contributed by atoms with Gasteiger partial charge in [0, 0.05) is 13.5 Å². The average molecular weight is 141 g/mol. The standard InChI is InChI=1S/C8H15NO/c1-3-4-5-6-7-8(10)9-2/h5-6H,3-4,7H2,1-2H3,(H,9,10)/b6-5-. The van der Waals surface area contributed by atoms with Crippen molar-refractivity contribution in [3.63, 3.8) is 0 Å². The molecule has 0 saturated carbocycles. The molecule has 0 radical (unpaired) electrons. The minimum absolute atomic E-state index is 0.0763. The summed E-state index contributed by atoms with van der Waals surface area (Å²) in [6.45, 7) is 2.12. The smallest absolute Gasteiger partial charge is 0.223 e. The first-order chi connectivity index (χ1) is 4.81. The number of carbonyl (C=O) groups is 1. The van der Waals surface area contributed by atoms with Gasteiger partial charge in [-0.25, -0.2) is 0 Å². The largest absolute Gasteiger partial charge is 0.359 e. The monoisotopic (exact) mass is 141 g/mol. The highest BCUT2D eigenvalue weighted by Crippen LogP contribution is 1.90. The van der Waals surface area contributed by atoms with Crippen molar-refractivity contribution in [2.45, 2.75) is 26.2 Å². The summed E-state index contributed by atoms with van der Waals surface area (Å²) < 4.78 is 0. The molecule has 1 amide bonds. The summed E-state index contributed by atoms with van der Waals surface area (Å²) in [6, 6.07) is 0. The first-order valence-electron chi connectivity index (χ1n) is 3.66. The molecule has 0 heterocycles. The molecule has 1 N–H and O–H groups in total. The quantitative estimate of drug-likeness (QED) is 0.590. The van der Waals surface area contributed by atoms with E-state index in [-0.39, 0.29) is 5.91 Å². The van der Waals surface area contributed by atoms with Crippen LogP contribution in [0.3, 0.4) is 0 Å². The fourth-order valence-corrected chi connectivity index (χ4v) is 0.577. The van der Waals surface area contributed by atoms with E-state index in [0.717, 1.165) is 12.8 Å². The third kappa shape index (κ3) is 5.35. The zero-order valence-corrected chi connectivity index (χ0v) is 6.68. The lowest BCUT2D eigenvalue weighted by Gasteiger charge is -1.91. The van der Waals surface area contributed by atoms with E-state index in [1.807, 2.05) is 12.2 Å². The van der Waals surface area contributed by atoms with Gasteiger partial charge in [0.1, 0.15) is 0 Å². The molecule has 0 atom stereocenters. The lowest BCUT2D eigenvalue weighted by Crippen LogP contribution is -2.15. The van der Waals surface area contributed by atoms with Crippen molar-refractivity contribution >= 4 is 5.91 Å². The Balaban J connectivity index is 3.25. The average Bonchev–Trinajstić information content (AvgIpc) is 1.98. The third-order valence-corrected chi connectivity index (χ3v) is 1.20. The summed E-state index contributed by atoms with van der Waals surface area (Å²) >= 11 is 0. The number of carbonyl (C=O) groups excluding carboxylic acids is 1. The van der Waals surface area contributed by atoms with Crippen LogP contribution in [0.25, 0.3) is 0 Å². The molecular formula is C8H15NO. The number of unbranched alkanes of at least 4 members (excludes halogenated alkanes) is 1. The Morgan fingerprint density at radius 3 is 2.70 bits per heavy atom. The zero-order valence-electron chi connectivity index (χ0n) is 6.68. The van der Waals surface area contributed by atoms with Crippen LogP contribution >= 0.6 is 0 Å². The Kier molecular flexibility index (Phi) is 5.83. The summed E-state index contributed by atoms with van der Waals surface area (Å²) in [4.78, 5) is 10.6. The van der Waals surface area contributed by atoms with E-state index in [0.29, 0.717) is 6.42 Å². The van der Waals surface area contributed by atoms with Gasteiger partial charge >= 0.3 is 0 Å². The number of amides is 1. The maximum Gasteiger partial charge on any atom is 0.223 e. The number of allylic oxidation sites excluding steroid dienone is 1. The van der Waals surface area contributed by atoms with E-state index in [1.54, 1.807) is 7.05 Å². The normalized spacial score (nSPS) is 10.2. The van der Waals surface area contributed by atoms with Crippen LogP contribution < -0.4 is 5.32 Å². The highest BCUT2D eigenvalue weighted by molar-refractivity contribution is 5.76. The van der Waals surface area contributed by atoms with E-state index < -0.39 is 0 Å². The molecule has 0 unspecified atom stereocenters. The second kappa shape index (κ2) is 6.33. The highest BCUT2D eigenvalue weighted by Gasteiger charge is 1.89. The Morgan fingerprint density at radius 1 is 1.50 bits per heavy atom. The van der Waals surface area contributed by atoms with Crippen LogP contribution in [0.2, 0.25) is 0 Å². The van der Waals surface area contributed by atoms with Crippen molar-refractivity contribution in [3.05, 3.63) is 12.2 Å². The van der Waals surface area contributed by atoms with Crippen LogP contribution in [0.5, 0.6) is 0 Å². The van der Waals surface area contributed by atoms with Crippen molar-refractivity contribution in [2.75, 3.05) is 7.05 Å². The van der Waals surface area contributed by atoms with Crippen LogP contribution in [0.4, 0.5) is 0 Å². The van der Waals surface area contributed by atoms with E-state index in [4.69, 9.17) is 0 Å². The Hall–Kier alpha value is -0.790. The Morgan fingerprint density at radius 2 is 2.20 bits per heavy atom. The SMILES string of the molecule is CCC/C=C\CC(=O)NC. The minimum Gasteiger partial charge on any atom is -0.359 e. The number of rotatable bonds is 4. The second-order valence-electron chi connectivity index (χ2n) is 2.14. The molecule has 2 heteroatoms. The summed E-state index contributed by atoms with van der Waals surface area (Å²) in [5, 5.41) is 2.55. The molecule has 0 aromatic rings. The lowest BCUT2D eigenvalue weighted by atomic mass is 10.3. The molecule has 0 aromatic carbocycles. The van der Waals surface area contributed by atoms with Crippen molar-refractivity contribution in [1.82, 2.24) is 5.32 Å². The molecule has 0 aromatic heterocycles. The Labute approximate surface area is 62.3 Å². The van der Waals surface area contributed by atoms with E-state index >= 15 is 0 Å². The van der Waals surface area contributed by atoms with Crippen LogP contribution in [0.15, 0.2) is 12.2 Å². The molecule has 0 aliphatic rings. The van der Waals surface area contributed by atoms with Gasteiger partial charge in [-0.05, 0) is 6.42 Å². The second-order valence-corrected chi connectivity index (χ2v) is 2.14. The molecule has 0 saturated heterocycles. The molecule has 0 spiro atoms. The lowest BCUT2D eigenvalue weighted by molar-refractivity contribution is -0.119. The highest BCUT2D eigenvalue weighted by atomic mass is 16.1. The number of hydrogen-bond acceptors (Lipinski definition) is 1. The van der Waals surface area contributed by atoms with Crippen LogP contribution in [-0.4, -0.2) is 13.0 Å². The predicted octanol–water partition coefficient (Wildman–Crippen LogP) is 1.48. The van der Waals surface area contributed by atoms with E-state index in [2.05, 4.69) is 12.2 Å². The Bertz CT molecular complexity index is 118. The van der Waals surface area contributed by atoms with Gasteiger partial charge in [0.25, 0.3) is 0 Å². The minimum atomic E-state index is 0.0763. The van der Waals surface area contributed by atoms with E-state index in [9.17, 15) is 4.79 Å². The van der Waals surface area contributed by atoms with Gasteiger partial charge in [-0.1, -0.05) is 25.5 Å². The summed E-state index contributed by atoms with van der Waals surface area (Å²) in [6.07, 6.45) is 6.66. The van der Waals surface area contributed by atoms with Gasteiger partial charge in [-0.15, -0.1) is 0 Å². The topological polar surface area (TPSA) is 29.1 Å². The fraction of sp³-hybridized carbons (Fsp3) is 0.625. The summed E-state index contributed by atoms with van der Waals surface area (Å²) in [7, 11) is 1.65. The van der Waals surface area contributed by atoms with Crippen molar-refractivity contribution in [3.8, 4) is 0 Å². The molecule has 0 bridgehead atoms. The molecule has 0 rings (SSSR count).